The molecule has 8 heteroatoms. The summed E-state index contributed by atoms with van der Waals surface area (Å²) in [5.41, 5.74) is 8.30. The van der Waals surface area contributed by atoms with E-state index < -0.39 is 0 Å². The molecule has 0 amide bonds. The van der Waals surface area contributed by atoms with Gasteiger partial charge >= 0.3 is 0 Å². The largest absolute Gasteiger partial charge is 0.494 e. The molecule has 0 N–H and O–H groups in total. The molecule has 1 aliphatic carbocycles. The second-order valence-electron chi connectivity index (χ2n) is 12.1. The maximum Gasteiger partial charge on any atom is 0.146 e. The third kappa shape index (κ3) is 6.80. The predicted octanol–water partition coefficient (Wildman–Crippen LogP) is 7.81. The van der Waals surface area contributed by atoms with E-state index in [1.807, 2.05) is 50.4 Å². The van der Waals surface area contributed by atoms with Crippen LogP contribution in [0.5, 0.6) is 23.0 Å². The number of ether oxygens (including phenoxy) is 4. The molecule has 8 nitrogen and oxygen atoms in total. The third-order valence-corrected chi connectivity index (χ3v) is 8.90. The minimum absolute atomic E-state index is 0.443. The molecule has 1 aliphatic rings. The van der Waals surface area contributed by atoms with Crippen molar-refractivity contribution in [3.05, 3.63) is 72.3 Å². The minimum Gasteiger partial charge on any atom is -0.494 e. The number of benzene rings is 2. The number of rotatable bonds is 10. The van der Waals surface area contributed by atoms with Crippen LogP contribution in [0.1, 0.15) is 55.3 Å². The Kier molecular flexibility index (Phi) is 10.0. The summed E-state index contributed by atoms with van der Waals surface area (Å²) in [7, 11) is 14.7. The minimum atomic E-state index is 0.443. The summed E-state index contributed by atoms with van der Waals surface area (Å²) in [5, 5.41) is 0. The zero-order valence-electron chi connectivity index (χ0n) is 27.9. The molecule has 2 aromatic carbocycles. The van der Waals surface area contributed by atoms with E-state index in [-0.39, 0.29) is 0 Å². The zero-order valence-corrected chi connectivity index (χ0v) is 27.9. The zero-order chi connectivity index (χ0) is 32.1. The maximum atomic E-state index is 5.69. The highest BCUT2D eigenvalue weighted by molar-refractivity contribution is 5.78. The molecule has 2 aromatic heterocycles. The first-order chi connectivity index (χ1) is 21.8. The van der Waals surface area contributed by atoms with Crippen LogP contribution in [0.25, 0.3) is 22.3 Å². The summed E-state index contributed by atoms with van der Waals surface area (Å²) in [6, 6.07) is 16.9. The lowest BCUT2D eigenvalue weighted by Gasteiger charge is -2.21. The molecule has 0 spiro atoms. The number of hydrogen-bond donors (Lipinski definition) is 0. The van der Waals surface area contributed by atoms with Gasteiger partial charge in [0.1, 0.15) is 34.4 Å². The van der Waals surface area contributed by atoms with Crippen LogP contribution in [0, 0.1) is 0 Å². The van der Waals surface area contributed by atoms with Crippen molar-refractivity contribution in [3.63, 3.8) is 0 Å². The van der Waals surface area contributed by atoms with Crippen LogP contribution < -0.4 is 28.7 Å². The van der Waals surface area contributed by atoms with Gasteiger partial charge in [-0.25, -0.2) is 0 Å². The number of hydrogen-bond acceptors (Lipinski definition) is 8. The number of anilines is 2. The van der Waals surface area contributed by atoms with Gasteiger partial charge in [-0.1, -0.05) is 18.6 Å². The van der Waals surface area contributed by atoms with E-state index in [1.165, 1.54) is 0 Å². The van der Waals surface area contributed by atoms with Crippen molar-refractivity contribution < 1.29 is 18.9 Å². The van der Waals surface area contributed by atoms with Crippen LogP contribution >= 0.6 is 0 Å². The average molecular weight is 611 g/mol. The van der Waals surface area contributed by atoms with Crippen LogP contribution in [0.3, 0.4) is 0 Å². The third-order valence-electron chi connectivity index (χ3n) is 8.90. The van der Waals surface area contributed by atoms with Crippen LogP contribution in [0.15, 0.2) is 60.9 Å². The van der Waals surface area contributed by atoms with Crippen molar-refractivity contribution in [1.82, 2.24) is 9.97 Å². The number of nitrogens with zero attached hydrogens (tertiary/aromatic N) is 4. The van der Waals surface area contributed by atoms with Crippen molar-refractivity contribution in [2.45, 2.75) is 43.9 Å². The highest BCUT2D eigenvalue weighted by Crippen LogP contribution is 2.43. The van der Waals surface area contributed by atoms with Crippen molar-refractivity contribution in [3.8, 4) is 45.3 Å². The molecular weight excluding hydrogens is 564 g/mol. The Balaban J connectivity index is 1.28. The van der Waals surface area contributed by atoms with Gasteiger partial charge in [-0.2, -0.15) is 0 Å². The van der Waals surface area contributed by atoms with Gasteiger partial charge in [0.15, 0.2) is 0 Å². The van der Waals surface area contributed by atoms with E-state index in [0.717, 1.165) is 100 Å². The molecule has 0 saturated heterocycles. The van der Waals surface area contributed by atoms with E-state index >= 15 is 0 Å². The summed E-state index contributed by atoms with van der Waals surface area (Å²) in [4.78, 5) is 13.9. The summed E-state index contributed by atoms with van der Waals surface area (Å²) < 4.78 is 22.8. The molecule has 0 aliphatic heterocycles. The topological polar surface area (TPSA) is 69.2 Å². The normalized spacial score (nSPS) is 16.4. The Hall–Kier alpha value is -4.46. The first kappa shape index (κ1) is 31.9. The van der Waals surface area contributed by atoms with E-state index in [1.54, 1.807) is 28.4 Å². The fraction of sp³-hybridized carbons (Fsp3) is 0.405. The van der Waals surface area contributed by atoms with Gasteiger partial charge in [-0.3, -0.25) is 9.97 Å². The first-order valence-corrected chi connectivity index (χ1v) is 15.6. The summed E-state index contributed by atoms with van der Waals surface area (Å²) in [6.07, 6.45) is 9.59. The molecule has 238 valence electrons. The number of aromatic nitrogens is 2. The lowest BCUT2D eigenvalue weighted by atomic mass is 9.92. The molecular formula is C37H46N4O4. The van der Waals surface area contributed by atoms with Gasteiger partial charge in [0, 0.05) is 74.9 Å². The SMILES string of the molecule is COc1cc(-c2ccc(C3CCCC(c4ccc(-c5cc(OC)c(N(C)C)c(OC)c5)cn4)CC3)nc2)cc(OC)c1N(C)C. The van der Waals surface area contributed by atoms with Crippen LogP contribution in [-0.4, -0.2) is 66.6 Å². The molecule has 1 saturated carbocycles. The number of methoxy groups -OCH3 is 4. The highest BCUT2D eigenvalue weighted by atomic mass is 16.5. The van der Waals surface area contributed by atoms with Crippen molar-refractivity contribution >= 4 is 11.4 Å². The van der Waals surface area contributed by atoms with Gasteiger partial charge in [-0.15, -0.1) is 0 Å². The van der Waals surface area contributed by atoms with E-state index in [0.29, 0.717) is 11.8 Å². The van der Waals surface area contributed by atoms with Crippen LogP contribution in [-0.2, 0) is 0 Å². The molecule has 2 atom stereocenters. The first-order valence-electron chi connectivity index (χ1n) is 15.6. The van der Waals surface area contributed by atoms with Crippen molar-refractivity contribution in [1.29, 1.82) is 0 Å². The van der Waals surface area contributed by atoms with Crippen molar-refractivity contribution in [2.24, 2.45) is 0 Å². The Morgan fingerprint density at radius 3 is 1.13 bits per heavy atom. The van der Waals surface area contributed by atoms with Crippen LogP contribution in [0.2, 0.25) is 0 Å². The molecule has 0 bridgehead atoms. The van der Waals surface area contributed by atoms with Crippen LogP contribution in [0.4, 0.5) is 11.4 Å². The summed E-state index contributed by atoms with van der Waals surface area (Å²) in [6.45, 7) is 0. The van der Waals surface area contributed by atoms with Gasteiger partial charge in [0.05, 0.1) is 28.4 Å². The maximum absolute atomic E-state index is 5.69. The van der Waals surface area contributed by atoms with Gasteiger partial charge in [0.2, 0.25) is 0 Å². The molecule has 1 fully saturated rings. The fourth-order valence-electron chi connectivity index (χ4n) is 6.53. The van der Waals surface area contributed by atoms with E-state index in [2.05, 4.69) is 48.5 Å². The quantitative estimate of drug-likeness (QED) is 0.169. The second-order valence-corrected chi connectivity index (χ2v) is 12.1. The Morgan fingerprint density at radius 2 is 0.867 bits per heavy atom. The lowest BCUT2D eigenvalue weighted by Crippen LogP contribution is -2.11. The molecule has 2 heterocycles. The van der Waals surface area contributed by atoms with Crippen molar-refractivity contribution in [2.75, 3.05) is 66.4 Å². The fourth-order valence-corrected chi connectivity index (χ4v) is 6.53. The molecule has 2 unspecified atom stereocenters. The predicted molar refractivity (Wildman–Crippen MR) is 183 cm³/mol. The van der Waals surface area contributed by atoms with Gasteiger partial charge < -0.3 is 28.7 Å². The molecule has 0 radical (unpaired) electrons. The molecule has 4 aromatic rings. The lowest BCUT2D eigenvalue weighted by molar-refractivity contribution is 0.395. The smallest absolute Gasteiger partial charge is 0.146 e. The highest BCUT2D eigenvalue weighted by Gasteiger charge is 2.24. The Labute approximate surface area is 267 Å². The Morgan fingerprint density at radius 1 is 0.511 bits per heavy atom. The van der Waals surface area contributed by atoms with Gasteiger partial charge in [-0.05, 0) is 73.2 Å². The Bertz CT molecular complexity index is 1420. The summed E-state index contributed by atoms with van der Waals surface area (Å²) in [5.74, 6) is 3.98. The monoisotopic (exact) mass is 610 g/mol. The summed E-state index contributed by atoms with van der Waals surface area (Å²) >= 11 is 0. The molecule has 5 rings (SSSR count). The van der Waals surface area contributed by atoms with E-state index in [4.69, 9.17) is 28.9 Å². The van der Waals surface area contributed by atoms with Gasteiger partial charge in [0.25, 0.3) is 0 Å². The van der Waals surface area contributed by atoms with E-state index in [9.17, 15) is 0 Å². The standard InChI is InChI=1S/C37H46N4O4/c1-40(2)36-32(42-5)18-28(19-33(36)43-6)26-14-16-30(38-22-26)24-10-9-11-25(13-12-24)31-17-15-27(23-39-31)29-20-34(44-7)37(41(3)4)35(21-29)45-8/h14-25H,9-13H2,1-8H3. The average Bonchev–Trinajstić information content (AvgIpc) is 3.33. The number of pyridine rings is 2. The second kappa shape index (κ2) is 14.1. The molecule has 45 heavy (non-hydrogen) atoms.